The molecule has 0 bridgehead atoms. The van der Waals surface area contributed by atoms with Crippen molar-refractivity contribution in [3.05, 3.63) is 69.8 Å². The van der Waals surface area contributed by atoms with Gasteiger partial charge in [-0.05, 0) is 68.9 Å². The summed E-state index contributed by atoms with van der Waals surface area (Å²) in [5.41, 5.74) is 3.50. The molecule has 1 heterocycles. The summed E-state index contributed by atoms with van der Waals surface area (Å²) in [5.74, 6) is 1.21. The molecule has 1 aliphatic rings. The number of benzene rings is 2. The lowest BCUT2D eigenvalue weighted by atomic mass is 9.87. The monoisotopic (exact) mass is 459 g/mol. The quantitative estimate of drug-likeness (QED) is 0.446. The number of fused-ring (bicyclic) bond motifs is 1. The number of hydrogen-bond donors (Lipinski definition) is 0. The van der Waals surface area contributed by atoms with Crippen molar-refractivity contribution in [2.24, 2.45) is 11.8 Å². The van der Waals surface area contributed by atoms with Crippen molar-refractivity contribution in [3.8, 4) is 5.69 Å². The van der Waals surface area contributed by atoms with Gasteiger partial charge in [0, 0.05) is 12.5 Å². The molecule has 0 radical (unpaired) electrons. The minimum Gasteiger partial charge on any atom is -0.332 e. The summed E-state index contributed by atoms with van der Waals surface area (Å²) >= 11 is 0. The first-order valence-electron chi connectivity index (χ1n) is 12.7. The number of amides is 1. The molecule has 2 aromatic carbocycles. The molecule has 0 N–H and O–H groups in total. The Labute approximate surface area is 202 Å². The van der Waals surface area contributed by atoms with Crippen LogP contribution in [0, 0.1) is 25.7 Å². The predicted octanol–water partition coefficient (Wildman–Crippen LogP) is 6.13. The molecule has 34 heavy (non-hydrogen) atoms. The fourth-order valence-electron chi connectivity index (χ4n) is 5.18. The number of carbonyl (C=O) groups is 1. The van der Waals surface area contributed by atoms with E-state index >= 15 is 0 Å². The van der Waals surface area contributed by atoms with Crippen molar-refractivity contribution in [2.75, 3.05) is 6.54 Å². The Hall–Kier alpha value is -2.95. The Morgan fingerprint density at radius 2 is 1.76 bits per heavy atom. The Morgan fingerprint density at radius 1 is 1.06 bits per heavy atom. The van der Waals surface area contributed by atoms with E-state index in [1.807, 2.05) is 62.1 Å². The molecule has 1 aromatic heterocycles. The Morgan fingerprint density at radius 3 is 2.47 bits per heavy atom. The van der Waals surface area contributed by atoms with Crippen molar-refractivity contribution in [2.45, 2.75) is 72.8 Å². The molecule has 0 spiro atoms. The first-order valence-corrected chi connectivity index (χ1v) is 12.7. The third kappa shape index (κ3) is 4.79. The molecule has 1 fully saturated rings. The fourth-order valence-corrected chi connectivity index (χ4v) is 5.18. The largest absolute Gasteiger partial charge is 0.332 e. The molecule has 4 rings (SSSR count). The summed E-state index contributed by atoms with van der Waals surface area (Å²) in [5, 5.41) is 0.591. The molecule has 0 saturated heterocycles. The van der Waals surface area contributed by atoms with Gasteiger partial charge in [-0.2, -0.15) is 0 Å². The van der Waals surface area contributed by atoms with Gasteiger partial charge >= 0.3 is 0 Å². The first kappa shape index (κ1) is 24.2. The van der Waals surface area contributed by atoms with E-state index in [1.165, 1.54) is 6.42 Å². The maximum Gasteiger partial charge on any atom is 0.266 e. The van der Waals surface area contributed by atoms with Crippen molar-refractivity contribution in [1.82, 2.24) is 14.5 Å². The lowest BCUT2D eigenvalue weighted by Crippen LogP contribution is -2.43. The number of nitrogens with zero attached hydrogens (tertiary/aromatic N) is 3. The van der Waals surface area contributed by atoms with Gasteiger partial charge < -0.3 is 4.90 Å². The van der Waals surface area contributed by atoms with Gasteiger partial charge in [0.05, 0.1) is 22.6 Å². The molecule has 1 aliphatic carbocycles. The van der Waals surface area contributed by atoms with Gasteiger partial charge in [0.2, 0.25) is 5.91 Å². The van der Waals surface area contributed by atoms with Gasteiger partial charge in [-0.25, -0.2) is 4.98 Å². The van der Waals surface area contributed by atoms with E-state index < -0.39 is 0 Å². The highest BCUT2D eigenvalue weighted by Gasteiger charge is 2.32. The van der Waals surface area contributed by atoms with Crippen LogP contribution in [0.25, 0.3) is 16.6 Å². The van der Waals surface area contributed by atoms with Crippen LogP contribution in [0.2, 0.25) is 0 Å². The minimum absolute atomic E-state index is 0.0660. The van der Waals surface area contributed by atoms with Gasteiger partial charge in [0.15, 0.2) is 0 Å². The van der Waals surface area contributed by atoms with Crippen LogP contribution in [-0.4, -0.2) is 26.9 Å². The van der Waals surface area contributed by atoms with Crippen LogP contribution in [0.5, 0.6) is 0 Å². The second-order valence-electron chi connectivity index (χ2n) is 10.3. The van der Waals surface area contributed by atoms with Gasteiger partial charge in [-0.3, -0.25) is 14.2 Å². The van der Waals surface area contributed by atoms with Crippen LogP contribution in [-0.2, 0) is 4.79 Å². The van der Waals surface area contributed by atoms with E-state index in [9.17, 15) is 9.59 Å². The number of para-hydroxylation sites is 1. The molecular formula is C29H37N3O2. The van der Waals surface area contributed by atoms with E-state index in [4.69, 9.17) is 4.98 Å². The number of hydrogen-bond acceptors (Lipinski definition) is 3. The Bertz CT molecular complexity index is 1240. The van der Waals surface area contributed by atoms with E-state index in [0.717, 1.165) is 42.5 Å². The molecule has 0 aliphatic heterocycles. The highest BCUT2D eigenvalue weighted by Crippen LogP contribution is 2.31. The maximum atomic E-state index is 13.9. The van der Waals surface area contributed by atoms with E-state index in [1.54, 1.807) is 4.57 Å². The summed E-state index contributed by atoms with van der Waals surface area (Å²) < 4.78 is 1.75. The van der Waals surface area contributed by atoms with Crippen LogP contribution in [0.3, 0.4) is 0 Å². The van der Waals surface area contributed by atoms with E-state index in [2.05, 4.69) is 19.9 Å². The summed E-state index contributed by atoms with van der Waals surface area (Å²) in [6.45, 7) is 11.0. The van der Waals surface area contributed by atoms with Crippen LogP contribution in [0.1, 0.15) is 75.9 Å². The summed E-state index contributed by atoms with van der Waals surface area (Å²) in [4.78, 5) is 34.6. The third-order valence-corrected chi connectivity index (χ3v) is 7.05. The summed E-state index contributed by atoms with van der Waals surface area (Å²) in [6.07, 6.45) is 5.34. The highest BCUT2D eigenvalue weighted by atomic mass is 16.2. The zero-order valence-corrected chi connectivity index (χ0v) is 21.2. The smallest absolute Gasteiger partial charge is 0.266 e. The van der Waals surface area contributed by atoms with Gasteiger partial charge in [0.25, 0.3) is 5.56 Å². The van der Waals surface area contributed by atoms with Crippen LogP contribution in [0.15, 0.2) is 47.3 Å². The van der Waals surface area contributed by atoms with Gasteiger partial charge in [-0.1, -0.05) is 57.4 Å². The fraction of sp³-hybridized carbons (Fsp3) is 0.483. The van der Waals surface area contributed by atoms with Crippen molar-refractivity contribution < 1.29 is 4.79 Å². The molecular weight excluding hydrogens is 422 g/mol. The normalized spacial score (nSPS) is 15.6. The number of rotatable bonds is 6. The predicted molar refractivity (Wildman–Crippen MR) is 138 cm³/mol. The van der Waals surface area contributed by atoms with Crippen LogP contribution in [0.4, 0.5) is 0 Å². The van der Waals surface area contributed by atoms with Crippen LogP contribution >= 0.6 is 0 Å². The molecule has 180 valence electrons. The van der Waals surface area contributed by atoms with Crippen molar-refractivity contribution in [1.29, 1.82) is 0 Å². The number of aromatic nitrogens is 2. The summed E-state index contributed by atoms with van der Waals surface area (Å²) in [6, 6.07) is 13.3. The molecule has 1 amide bonds. The molecule has 1 saturated carbocycles. The standard InChI is InChI=1S/C29H37N3O2/c1-19(2)18-31(28(33)23-11-7-6-8-12-23)22(5)27-30-25-14-10-9-13-24(25)29(34)32(27)26-17-20(3)15-16-21(26)4/h9-10,13-17,19,22-23H,6-8,11-12,18H2,1-5H3. The minimum atomic E-state index is -0.325. The zero-order chi connectivity index (χ0) is 24.4. The van der Waals surface area contributed by atoms with Crippen molar-refractivity contribution in [3.63, 3.8) is 0 Å². The second kappa shape index (κ2) is 10.1. The zero-order valence-electron chi connectivity index (χ0n) is 21.2. The maximum absolute atomic E-state index is 13.9. The van der Waals surface area contributed by atoms with Gasteiger partial charge in [0.1, 0.15) is 5.82 Å². The van der Waals surface area contributed by atoms with Crippen LogP contribution < -0.4 is 5.56 Å². The van der Waals surface area contributed by atoms with E-state index in [0.29, 0.717) is 29.2 Å². The Balaban J connectivity index is 1.91. The Kier molecular flexibility index (Phi) is 7.20. The molecule has 3 aromatic rings. The van der Waals surface area contributed by atoms with Gasteiger partial charge in [-0.15, -0.1) is 0 Å². The molecule has 1 unspecified atom stereocenters. The number of carbonyl (C=O) groups excluding carboxylic acids is 1. The average molecular weight is 460 g/mol. The van der Waals surface area contributed by atoms with Crippen molar-refractivity contribution >= 4 is 16.8 Å². The lowest BCUT2D eigenvalue weighted by Gasteiger charge is -2.35. The average Bonchev–Trinajstić information content (AvgIpc) is 2.84. The van der Waals surface area contributed by atoms with E-state index in [-0.39, 0.29) is 23.4 Å². The first-order chi connectivity index (χ1) is 16.3. The molecule has 5 nitrogen and oxygen atoms in total. The lowest BCUT2D eigenvalue weighted by molar-refractivity contribution is -0.139. The summed E-state index contributed by atoms with van der Waals surface area (Å²) in [7, 11) is 0. The highest BCUT2D eigenvalue weighted by molar-refractivity contribution is 5.80. The molecule has 1 atom stereocenters. The SMILES string of the molecule is Cc1ccc(C)c(-n2c(C(C)N(CC(C)C)C(=O)C3CCCCC3)nc3ccccc3c2=O)c1. The third-order valence-electron chi connectivity index (χ3n) is 7.05. The molecule has 5 heteroatoms. The number of aryl methyl sites for hydroxylation is 2. The second-order valence-corrected chi connectivity index (χ2v) is 10.3. The topological polar surface area (TPSA) is 55.2 Å².